The zero-order chi connectivity index (χ0) is 15.0. The number of benzene rings is 1. The van der Waals surface area contributed by atoms with Crippen LogP contribution in [-0.2, 0) is 13.0 Å². The lowest BCUT2D eigenvalue weighted by Gasteiger charge is -2.28. The lowest BCUT2D eigenvalue weighted by molar-refractivity contribution is 0.0696. The molecule has 2 heterocycles. The Balaban J connectivity index is 1.87. The number of hydrogen-bond acceptors (Lipinski definition) is 3. The summed E-state index contributed by atoms with van der Waals surface area (Å²) in [6, 6.07) is 6.55. The van der Waals surface area contributed by atoms with Crippen LogP contribution < -0.4 is 0 Å². The highest BCUT2D eigenvalue weighted by Crippen LogP contribution is 2.24. The predicted molar refractivity (Wildman–Crippen MR) is 75.6 cm³/mol. The van der Waals surface area contributed by atoms with E-state index < -0.39 is 5.97 Å². The molecule has 0 atom stereocenters. The molecule has 0 saturated heterocycles. The SMILES string of the molecule is O=C(O)c1ccc2c(c1)CN(C(=O)c1ccoc1Cl)CC2. The van der Waals surface area contributed by atoms with Gasteiger partial charge in [-0.1, -0.05) is 6.07 Å². The second-order valence-electron chi connectivity index (χ2n) is 4.87. The minimum atomic E-state index is -0.973. The number of furan rings is 1. The Bertz CT molecular complexity index is 722. The van der Waals surface area contributed by atoms with E-state index in [1.807, 2.05) is 6.07 Å². The maximum Gasteiger partial charge on any atom is 0.335 e. The molecule has 108 valence electrons. The highest BCUT2D eigenvalue weighted by Gasteiger charge is 2.25. The first-order valence-electron chi connectivity index (χ1n) is 6.43. The Morgan fingerprint density at radius 1 is 1.24 bits per heavy atom. The molecule has 0 fully saturated rings. The third-order valence-corrected chi connectivity index (χ3v) is 3.89. The van der Waals surface area contributed by atoms with Crippen molar-refractivity contribution < 1.29 is 19.1 Å². The summed E-state index contributed by atoms with van der Waals surface area (Å²) in [7, 11) is 0. The van der Waals surface area contributed by atoms with Gasteiger partial charge in [0.25, 0.3) is 5.91 Å². The summed E-state index contributed by atoms with van der Waals surface area (Å²) in [5, 5.41) is 9.11. The van der Waals surface area contributed by atoms with E-state index in [9.17, 15) is 9.59 Å². The van der Waals surface area contributed by atoms with Gasteiger partial charge in [0.2, 0.25) is 5.22 Å². The molecule has 0 aliphatic carbocycles. The fourth-order valence-electron chi connectivity index (χ4n) is 2.48. The molecule has 0 radical (unpaired) electrons. The van der Waals surface area contributed by atoms with Crippen LogP contribution >= 0.6 is 11.6 Å². The Labute approximate surface area is 125 Å². The summed E-state index contributed by atoms with van der Waals surface area (Å²) in [4.78, 5) is 25.0. The molecule has 1 aromatic heterocycles. The van der Waals surface area contributed by atoms with Crippen LogP contribution in [0.1, 0.15) is 31.8 Å². The standard InChI is InChI=1S/C15H12ClNO4/c16-13-12(4-6-21-13)14(18)17-5-3-9-1-2-10(15(19)20)7-11(9)8-17/h1-2,4,6-7H,3,5,8H2,(H,19,20). The predicted octanol–water partition coefficient (Wildman–Crippen LogP) is 2.83. The summed E-state index contributed by atoms with van der Waals surface area (Å²) in [5.74, 6) is -1.18. The normalized spacial score (nSPS) is 13.9. The molecule has 21 heavy (non-hydrogen) atoms. The zero-order valence-electron chi connectivity index (χ0n) is 11.0. The molecular weight excluding hydrogens is 294 g/mol. The number of carboxylic acid groups (broad SMARTS) is 1. The zero-order valence-corrected chi connectivity index (χ0v) is 11.8. The van der Waals surface area contributed by atoms with E-state index in [4.69, 9.17) is 21.1 Å². The van der Waals surface area contributed by atoms with Gasteiger partial charge in [0, 0.05) is 13.1 Å². The van der Waals surface area contributed by atoms with E-state index in [0.29, 0.717) is 25.1 Å². The molecule has 1 aromatic carbocycles. The van der Waals surface area contributed by atoms with Crippen LogP contribution in [-0.4, -0.2) is 28.4 Å². The van der Waals surface area contributed by atoms with Gasteiger partial charge in [-0.25, -0.2) is 4.79 Å². The maximum atomic E-state index is 12.4. The maximum absolute atomic E-state index is 12.4. The van der Waals surface area contributed by atoms with Crippen LogP contribution in [0.2, 0.25) is 5.22 Å². The second-order valence-corrected chi connectivity index (χ2v) is 5.22. The largest absolute Gasteiger partial charge is 0.478 e. The van der Waals surface area contributed by atoms with Crippen molar-refractivity contribution in [2.45, 2.75) is 13.0 Å². The fraction of sp³-hybridized carbons (Fsp3) is 0.200. The van der Waals surface area contributed by atoms with E-state index in [0.717, 1.165) is 11.1 Å². The van der Waals surface area contributed by atoms with Crippen molar-refractivity contribution in [3.63, 3.8) is 0 Å². The Hall–Kier alpha value is -2.27. The number of carbonyl (C=O) groups excluding carboxylic acids is 1. The molecule has 1 amide bonds. The van der Waals surface area contributed by atoms with Crippen molar-refractivity contribution in [1.29, 1.82) is 0 Å². The van der Waals surface area contributed by atoms with Gasteiger partial charge in [-0.3, -0.25) is 4.79 Å². The minimum Gasteiger partial charge on any atom is -0.478 e. The van der Waals surface area contributed by atoms with Crippen LogP contribution in [0.3, 0.4) is 0 Å². The molecule has 0 spiro atoms. The quantitative estimate of drug-likeness (QED) is 0.926. The van der Waals surface area contributed by atoms with Crippen LogP contribution in [0.25, 0.3) is 0 Å². The first kappa shape index (κ1) is 13.7. The number of fused-ring (bicyclic) bond motifs is 1. The van der Waals surface area contributed by atoms with Gasteiger partial charge in [-0.15, -0.1) is 0 Å². The van der Waals surface area contributed by atoms with Gasteiger partial charge >= 0.3 is 5.97 Å². The van der Waals surface area contributed by atoms with Gasteiger partial charge in [0.05, 0.1) is 17.4 Å². The number of carbonyl (C=O) groups is 2. The number of nitrogens with zero attached hydrogens (tertiary/aromatic N) is 1. The molecule has 2 aromatic rings. The van der Waals surface area contributed by atoms with Gasteiger partial charge in [-0.2, -0.15) is 0 Å². The lowest BCUT2D eigenvalue weighted by Crippen LogP contribution is -2.36. The average molecular weight is 306 g/mol. The van der Waals surface area contributed by atoms with Crippen molar-refractivity contribution in [3.8, 4) is 0 Å². The van der Waals surface area contributed by atoms with Crippen molar-refractivity contribution in [1.82, 2.24) is 4.90 Å². The molecule has 1 aliphatic heterocycles. The fourth-order valence-corrected chi connectivity index (χ4v) is 2.68. The number of rotatable bonds is 2. The van der Waals surface area contributed by atoms with Crippen molar-refractivity contribution in [2.24, 2.45) is 0 Å². The van der Waals surface area contributed by atoms with E-state index in [-0.39, 0.29) is 16.7 Å². The van der Waals surface area contributed by atoms with Crippen molar-refractivity contribution >= 4 is 23.5 Å². The van der Waals surface area contributed by atoms with Gasteiger partial charge in [-0.05, 0) is 47.3 Å². The number of amides is 1. The molecule has 0 saturated carbocycles. The average Bonchev–Trinajstić information content (AvgIpc) is 2.91. The molecule has 0 unspecified atom stereocenters. The lowest BCUT2D eigenvalue weighted by atomic mass is 9.97. The van der Waals surface area contributed by atoms with Crippen LogP contribution in [0.4, 0.5) is 0 Å². The Morgan fingerprint density at radius 2 is 2.05 bits per heavy atom. The van der Waals surface area contributed by atoms with Gasteiger partial charge in [0.1, 0.15) is 0 Å². The smallest absolute Gasteiger partial charge is 0.335 e. The summed E-state index contributed by atoms with van der Waals surface area (Å²) >= 11 is 5.83. The van der Waals surface area contributed by atoms with Gasteiger partial charge < -0.3 is 14.4 Å². The summed E-state index contributed by atoms with van der Waals surface area (Å²) in [6.45, 7) is 0.941. The molecule has 0 bridgehead atoms. The van der Waals surface area contributed by atoms with Crippen LogP contribution in [0.15, 0.2) is 34.9 Å². The third kappa shape index (κ3) is 2.52. The van der Waals surface area contributed by atoms with E-state index >= 15 is 0 Å². The molecule has 5 nitrogen and oxygen atoms in total. The highest BCUT2D eigenvalue weighted by atomic mass is 35.5. The first-order chi connectivity index (χ1) is 10.1. The highest BCUT2D eigenvalue weighted by molar-refractivity contribution is 6.32. The number of halogens is 1. The summed E-state index contributed by atoms with van der Waals surface area (Å²) in [5.41, 5.74) is 2.48. The summed E-state index contributed by atoms with van der Waals surface area (Å²) < 4.78 is 4.94. The minimum absolute atomic E-state index is 0.0742. The third-order valence-electron chi connectivity index (χ3n) is 3.60. The summed E-state index contributed by atoms with van der Waals surface area (Å²) in [6.07, 6.45) is 2.06. The monoisotopic (exact) mass is 305 g/mol. The van der Waals surface area contributed by atoms with Crippen molar-refractivity contribution in [2.75, 3.05) is 6.54 Å². The van der Waals surface area contributed by atoms with E-state index in [2.05, 4.69) is 0 Å². The number of hydrogen-bond donors (Lipinski definition) is 1. The van der Waals surface area contributed by atoms with E-state index in [1.54, 1.807) is 17.0 Å². The van der Waals surface area contributed by atoms with Crippen LogP contribution in [0, 0.1) is 0 Å². The second kappa shape index (κ2) is 5.26. The number of aromatic carboxylic acids is 1. The first-order valence-corrected chi connectivity index (χ1v) is 6.81. The molecule has 1 N–H and O–H groups in total. The Kier molecular flexibility index (Phi) is 3.43. The van der Waals surface area contributed by atoms with Crippen LogP contribution in [0.5, 0.6) is 0 Å². The number of carboxylic acids is 1. The molecule has 6 heteroatoms. The Morgan fingerprint density at radius 3 is 2.71 bits per heavy atom. The molecule has 1 aliphatic rings. The molecule has 3 rings (SSSR count). The topological polar surface area (TPSA) is 70.8 Å². The molecular formula is C15H12ClNO4. The van der Waals surface area contributed by atoms with Gasteiger partial charge in [0.15, 0.2) is 0 Å². The van der Waals surface area contributed by atoms with E-state index in [1.165, 1.54) is 12.3 Å². The van der Waals surface area contributed by atoms with Crippen molar-refractivity contribution in [3.05, 3.63) is 58.0 Å².